The number of H-pyrrole nitrogens is 1. The highest BCUT2D eigenvalue weighted by Gasteiger charge is 2.26. The number of aromatic nitrogens is 3. The number of hydrogen-bond donors (Lipinski definition) is 1. The molecule has 0 spiro atoms. The topological polar surface area (TPSA) is 61.9 Å². The SMILES string of the molecule is O=C(c1n[nH]c2ccncc12)N1CCCc2ccccc21. The van der Waals surface area contributed by atoms with Gasteiger partial charge in [-0.15, -0.1) is 0 Å². The van der Waals surface area contributed by atoms with Crippen LogP contribution in [0.5, 0.6) is 0 Å². The first-order valence-corrected chi connectivity index (χ1v) is 7.02. The van der Waals surface area contributed by atoms with Crippen LogP contribution in [0, 0.1) is 0 Å². The average molecular weight is 278 g/mol. The van der Waals surface area contributed by atoms with Crippen LogP contribution in [0.1, 0.15) is 22.5 Å². The van der Waals surface area contributed by atoms with Crippen molar-refractivity contribution < 1.29 is 4.79 Å². The number of aryl methyl sites for hydroxylation is 1. The Morgan fingerprint density at radius 3 is 3.10 bits per heavy atom. The zero-order valence-corrected chi connectivity index (χ0v) is 11.4. The zero-order chi connectivity index (χ0) is 14.2. The third kappa shape index (κ3) is 1.89. The number of hydrogen-bond acceptors (Lipinski definition) is 3. The summed E-state index contributed by atoms with van der Waals surface area (Å²) in [5, 5.41) is 7.85. The Bertz CT molecular complexity index is 824. The molecule has 5 heteroatoms. The second kappa shape index (κ2) is 4.70. The number of anilines is 1. The Labute approximate surface area is 121 Å². The van der Waals surface area contributed by atoms with Gasteiger partial charge in [0.05, 0.1) is 10.9 Å². The van der Waals surface area contributed by atoms with Gasteiger partial charge in [-0.1, -0.05) is 18.2 Å². The fourth-order valence-electron chi connectivity index (χ4n) is 2.89. The molecule has 1 aromatic carbocycles. The molecule has 4 rings (SSSR count). The number of pyridine rings is 1. The van der Waals surface area contributed by atoms with Gasteiger partial charge in [-0.3, -0.25) is 14.9 Å². The Hall–Kier alpha value is -2.69. The first-order chi connectivity index (χ1) is 10.3. The number of nitrogens with one attached hydrogen (secondary N) is 1. The lowest BCUT2D eigenvalue weighted by Crippen LogP contribution is -2.35. The Balaban J connectivity index is 1.79. The highest BCUT2D eigenvalue weighted by atomic mass is 16.2. The third-order valence-corrected chi connectivity index (χ3v) is 3.92. The standard InChI is InChI=1S/C16H14N4O/c21-16(15-12-10-17-8-7-13(12)18-19-15)20-9-3-5-11-4-1-2-6-14(11)20/h1-2,4,6-8,10H,3,5,9H2,(H,18,19). The number of fused-ring (bicyclic) bond motifs is 2. The van der Waals surface area contributed by atoms with E-state index in [-0.39, 0.29) is 5.91 Å². The van der Waals surface area contributed by atoms with Crippen molar-refractivity contribution in [2.45, 2.75) is 12.8 Å². The van der Waals surface area contributed by atoms with Crippen LogP contribution in [0.25, 0.3) is 10.9 Å². The predicted molar refractivity (Wildman–Crippen MR) is 80.3 cm³/mol. The van der Waals surface area contributed by atoms with Gasteiger partial charge >= 0.3 is 0 Å². The molecule has 21 heavy (non-hydrogen) atoms. The second-order valence-electron chi connectivity index (χ2n) is 5.18. The van der Waals surface area contributed by atoms with Crippen LogP contribution in [0.4, 0.5) is 5.69 Å². The van der Waals surface area contributed by atoms with Crippen LogP contribution < -0.4 is 4.90 Å². The summed E-state index contributed by atoms with van der Waals surface area (Å²) in [5.41, 5.74) is 3.48. The van der Waals surface area contributed by atoms with Crippen LogP contribution >= 0.6 is 0 Å². The molecule has 0 bridgehead atoms. The van der Waals surface area contributed by atoms with E-state index in [2.05, 4.69) is 21.2 Å². The molecule has 1 aliphatic rings. The van der Waals surface area contributed by atoms with E-state index in [0.29, 0.717) is 5.69 Å². The van der Waals surface area contributed by atoms with Crippen LogP contribution in [-0.4, -0.2) is 27.6 Å². The number of carbonyl (C=O) groups is 1. The molecular weight excluding hydrogens is 264 g/mol. The van der Waals surface area contributed by atoms with Crippen LogP contribution in [0.2, 0.25) is 0 Å². The molecule has 3 heterocycles. The molecule has 0 radical (unpaired) electrons. The van der Waals surface area contributed by atoms with Gasteiger partial charge in [-0.2, -0.15) is 5.10 Å². The van der Waals surface area contributed by atoms with Crippen molar-refractivity contribution in [3.8, 4) is 0 Å². The van der Waals surface area contributed by atoms with Crippen molar-refractivity contribution in [2.75, 3.05) is 11.4 Å². The highest BCUT2D eigenvalue weighted by Crippen LogP contribution is 2.28. The smallest absolute Gasteiger partial charge is 0.279 e. The minimum Gasteiger partial charge on any atom is -0.307 e. The fraction of sp³-hybridized carbons (Fsp3) is 0.188. The number of benzene rings is 1. The van der Waals surface area contributed by atoms with E-state index in [0.717, 1.165) is 36.0 Å². The number of nitrogens with zero attached hydrogens (tertiary/aromatic N) is 3. The molecule has 2 aromatic heterocycles. The van der Waals surface area contributed by atoms with Gasteiger partial charge in [0, 0.05) is 24.6 Å². The maximum Gasteiger partial charge on any atom is 0.279 e. The number of rotatable bonds is 1. The Morgan fingerprint density at radius 1 is 1.24 bits per heavy atom. The molecule has 1 amide bonds. The largest absolute Gasteiger partial charge is 0.307 e. The summed E-state index contributed by atoms with van der Waals surface area (Å²) < 4.78 is 0. The normalized spacial score (nSPS) is 14.2. The Kier molecular flexibility index (Phi) is 2.70. The summed E-state index contributed by atoms with van der Waals surface area (Å²) in [6.45, 7) is 0.727. The quantitative estimate of drug-likeness (QED) is 0.744. The van der Waals surface area contributed by atoms with E-state index in [9.17, 15) is 4.79 Å². The molecular formula is C16H14N4O. The van der Waals surface area contributed by atoms with Gasteiger partial charge in [0.1, 0.15) is 0 Å². The van der Waals surface area contributed by atoms with Gasteiger partial charge < -0.3 is 4.90 Å². The van der Waals surface area contributed by atoms with Crippen molar-refractivity contribution in [1.29, 1.82) is 0 Å². The maximum absolute atomic E-state index is 12.9. The molecule has 1 N–H and O–H groups in total. The first kappa shape index (κ1) is 12.1. The maximum atomic E-state index is 12.9. The summed E-state index contributed by atoms with van der Waals surface area (Å²) in [6, 6.07) is 9.89. The summed E-state index contributed by atoms with van der Waals surface area (Å²) in [5.74, 6) is -0.0681. The monoisotopic (exact) mass is 278 g/mol. The third-order valence-electron chi connectivity index (χ3n) is 3.92. The minimum absolute atomic E-state index is 0.0681. The van der Waals surface area contributed by atoms with E-state index < -0.39 is 0 Å². The van der Waals surface area contributed by atoms with E-state index >= 15 is 0 Å². The van der Waals surface area contributed by atoms with Gasteiger partial charge in [-0.05, 0) is 30.5 Å². The summed E-state index contributed by atoms with van der Waals surface area (Å²) in [7, 11) is 0. The molecule has 3 aromatic rings. The van der Waals surface area contributed by atoms with E-state index in [1.165, 1.54) is 5.56 Å². The van der Waals surface area contributed by atoms with Crippen LogP contribution in [-0.2, 0) is 6.42 Å². The molecule has 0 unspecified atom stereocenters. The lowest BCUT2D eigenvalue weighted by atomic mass is 10.0. The van der Waals surface area contributed by atoms with Crippen molar-refractivity contribution >= 4 is 22.5 Å². The molecule has 0 atom stereocenters. The van der Waals surface area contributed by atoms with E-state index in [1.807, 2.05) is 29.2 Å². The molecule has 0 aliphatic carbocycles. The lowest BCUT2D eigenvalue weighted by molar-refractivity contribution is 0.0982. The molecule has 5 nitrogen and oxygen atoms in total. The van der Waals surface area contributed by atoms with Crippen molar-refractivity contribution in [3.05, 3.63) is 54.0 Å². The van der Waals surface area contributed by atoms with Gasteiger partial charge in [0.15, 0.2) is 5.69 Å². The summed E-state index contributed by atoms with van der Waals surface area (Å²) in [4.78, 5) is 18.8. The number of para-hydroxylation sites is 1. The molecule has 104 valence electrons. The number of amides is 1. The highest BCUT2D eigenvalue weighted by molar-refractivity contribution is 6.12. The number of aromatic amines is 1. The molecule has 0 saturated carbocycles. The zero-order valence-electron chi connectivity index (χ0n) is 11.4. The summed E-state index contributed by atoms with van der Waals surface area (Å²) >= 11 is 0. The van der Waals surface area contributed by atoms with Crippen molar-refractivity contribution in [1.82, 2.24) is 15.2 Å². The average Bonchev–Trinajstić information content (AvgIpc) is 2.98. The number of carbonyl (C=O) groups excluding carboxylic acids is 1. The van der Waals surface area contributed by atoms with Crippen molar-refractivity contribution in [3.63, 3.8) is 0 Å². The van der Waals surface area contributed by atoms with E-state index in [1.54, 1.807) is 12.4 Å². The Morgan fingerprint density at radius 2 is 2.14 bits per heavy atom. The predicted octanol–water partition coefficient (Wildman–Crippen LogP) is 2.55. The first-order valence-electron chi connectivity index (χ1n) is 7.02. The second-order valence-corrected chi connectivity index (χ2v) is 5.18. The molecule has 0 fully saturated rings. The van der Waals surface area contributed by atoms with Crippen molar-refractivity contribution in [2.24, 2.45) is 0 Å². The minimum atomic E-state index is -0.0681. The van der Waals surface area contributed by atoms with Gasteiger partial charge in [0.2, 0.25) is 0 Å². The van der Waals surface area contributed by atoms with E-state index in [4.69, 9.17) is 0 Å². The fourth-order valence-corrected chi connectivity index (χ4v) is 2.89. The summed E-state index contributed by atoms with van der Waals surface area (Å²) in [6.07, 6.45) is 5.36. The molecule has 1 aliphatic heterocycles. The molecule has 0 saturated heterocycles. The van der Waals surface area contributed by atoms with Crippen LogP contribution in [0.15, 0.2) is 42.7 Å². The lowest BCUT2D eigenvalue weighted by Gasteiger charge is -2.28. The van der Waals surface area contributed by atoms with Gasteiger partial charge in [-0.25, -0.2) is 0 Å². The van der Waals surface area contributed by atoms with Crippen LogP contribution in [0.3, 0.4) is 0 Å². The van der Waals surface area contributed by atoms with Gasteiger partial charge in [0.25, 0.3) is 5.91 Å².